The average molecular weight is 172 g/mol. The summed E-state index contributed by atoms with van der Waals surface area (Å²) in [5.41, 5.74) is 6.21. The Kier molecular flexibility index (Phi) is 1.35. The minimum Gasteiger partial charge on any atom is -0.477 e. The highest BCUT2D eigenvalue weighted by Gasteiger charge is 2.18. The molecule has 5 heteroatoms. The largest absolute Gasteiger partial charge is 0.477 e. The molecule has 1 aliphatic heterocycles. The van der Waals surface area contributed by atoms with Crippen molar-refractivity contribution >= 4 is 17.5 Å². The van der Waals surface area contributed by atoms with Crippen LogP contribution >= 0.6 is 11.6 Å². The van der Waals surface area contributed by atoms with Gasteiger partial charge in [-0.3, -0.25) is 0 Å². The van der Waals surface area contributed by atoms with E-state index in [2.05, 4.69) is 9.97 Å². The van der Waals surface area contributed by atoms with Gasteiger partial charge < -0.3 is 10.5 Å². The predicted molar refractivity (Wildman–Crippen MR) is 40.7 cm³/mol. The number of rotatable bonds is 0. The van der Waals surface area contributed by atoms with Crippen molar-refractivity contribution in [1.82, 2.24) is 9.97 Å². The summed E-state index contributed by atoms with van der Waals surface area (Å²) < 4.78 is 5.14. The molecule has 58 valence electrons. The summed E-state index contributed by atoms with van der Waals surface area (Å²) in [6, 6.07) is 0. The summed E-state index contributed by atoms with van der Waals surface area (Å²) in [4.78, 5) is 7.67. The van der Waals surface area contributed by atoms with Crippen LogP contribution in [0.15, 0.2) is 0 Å². The molecule has 0 saturated heterocycles. The van der Waals surface area contributed by atoms with Crippen LogP contribution in [0.4, 0.5) is 5.95 Å². The van der Waals surface area contributed by atoms with Gasteiger partial charge in [-0.05, 0) is 0 Å². The number of hydrogen-bond acceptors (Lipinski definition) is 4. The number of nitrogens with zero attached hydrogens (tertiary/aromatic N) is 2. The first-order valence-corrected chi connectivity index (χ1v) is 3.60. The third-order valence-electron chi connectivity index (χ3n) is 1.53. The van der Waals surface area contributed by atoms with Crippen LogP contribution < -0.4 is 10.5 Å². The Bertz CT molecular complexity index is 302. The molecule has 0 unspecified atom stereocenters. The minimum atomic E-state index is 0.163. The first-order chi connectivity index (χ1) is 5.27. The van der Waals surface area contributed by atoms with Crippen LogP contribution in [-0.4, -0.2) is 16.6 Å². The highest BCUT2D eigenvalue weighted by molar-refractivity contribution is 6.30. The normalized spacial score (nSPS) is 14.3. The molecule has 0 spiro atoms. The summed E-state index contributed by atoms with van der Waals surface area (Å²) in [7, 11) is 0. The van der Waals surface area contributed by atoms with Gasteiger partial charge in [0.05, 0.1) is 12.2 Å². The molecule has 0 aliphatic carbocycles. The molecule has 0 aromatic carbocycles. The fourth-order valence-electron chi connectivity index (χ4n) is 1.03. The zero-order valence-corrected chi connectivity index (χ0v) is 6.43. The van der Waals surface area contributed by atoms with E-state index >= 15 is 0 Å². The summed E-state index contributed by atoms with van der Waals surface area (Å²) in [6.07, 6.45) is 0.772. The SMILES string of the molecule is Nc1nc(Cl)c2c(n1)OCC2. The molecular formula is C6H6ClN3O. The maximum atomic E-state index is 5.76. The highest BCUT2D eigenvalue weighted by atomic mass is 35.5. The number of aromatic nitrogens is 2. The lowest BCUT2D eigenvalue weighted by Crippen LogP contribution is -1.97. The van der Waals surface area contributed by atoms with Crippen molar-refractivity contribution in [3.8, 4) is 5.88 Å². The number of anilines is 1. The van der Waals surface area contributed by atoms with E-state index in [-0.39, 0.29) is 5.95 Å². The number of fused-ring (bicyclic) bond motifs is 1. The van der Waals surface area contributed by atoms with Crippen LogP contribution in [0.5, 0.6) is 5.88 Å². The molecule has 2 rings (SSSR count). The van der Waals surface area contributed by atoms with Crippen molar-refractivity contribution < 1.29 is 4.74 Å². The third kappa shape index (κ3) is 0.991. The lowest BCUT2D eigenvalue weighted by atomic mass is 10.3. The van der Waals surface area contributed by atoms with Gasteiger partial charge in [0, 0.05) is 6.42 Å². The maximum Gasteiger partial charge on any atom is 0.224 e. The van der Waals surface area contributed by atoms with Gasteiger partial charge in [0.15, 0.2) is 0 Å². The molecule has 1 aliphatic rings. The van der Waals surface area contributed by atoms with Gasteiger partial charge >= 0.3 is 0 Å². The summed E-state index contributed by atoms with van der Waals surface area (Å²) >= 11 is 5.76. The second-order valence-corrected chi connectivity index (χ2v) is 2.61. The topological polar surface area (TPSA) is 61.0 Å². The summed E-state index contributed by atoms with van der Waals surface area (Å²) in [5, 5.41) is 0.407. The number of nitrogen functional groups attached to an aromatic ring is 1. The van der Waals surface area contributed by atoms with E-state index < -0.39 is 0 Å². The van der Waals surface area contributed by atoms with Gasteiger partial charge in [-0.2, -0.15) is 4.98 Å². The Morgan fingerprint density at radius 2 is 2.27 bits per heavy atom. The van der Waals surface area contributed by atoms with Crippen molar-refractivity contribution in [2.75, 3.05) is 12.3 Å². The summed E-state index contributed by atoms with van der Waals surface area (Å²) in [5.74, 6) is 0.693. The molecule has 1 aromatic rings. The summed E-state index contributed by atoms with van der Waals surface area (Å²) in [6.45, 7) is 0.618. The smallest absolute Gasteiger partial charge is 0.224 e. The lowest BCUT2D eigenvalue weighted by Gasteiger charge is -1.99. The van der Waals surface area contributed by atoms with Crippen LogP contribution in [0.2, 0.25) is 5.15 Å². The Morgan fingerprint density at radius 3 is 3.09 bits per heavy atom. The first kappa shape index (κ1) is 6.67. The zero-order chi connectivity index (χ0) is 7.84. The van der Waals surface area contributed by atoms with Crippen LogP contribution in [-0.2, 0) is 6.42 Å². The Balaban J connectivity index is 2.60. The molecule has 0 saturated carbocycles. The van der Waals surface area contributed by atoms with Crippen molar-refractivity contribution in [1.29, 1.82) is 0 Å². The molecule has 1 aromatic heterocycles. The van der Waals surface area contributed by atoms with Gasteiger partial charge in [-0.15, -0.1) is 0 Å². The number of halogens is 1. The zero-order valence-electron chi connectivity index (χ0n) is 5.67. The van der Waals surface area contributed by atoms with Crippen LogP contribution in [0.1, 0.15) is 5.56 Å². The molecule has 4 nitrogen and oxygen atoms in total. The molecule has 0 radical (unpaired) electrons. The predicted octanol–water partition coefficient (Wildman–Crippen LogP) is 0.647. The molecule has 11 heavy (non-hydrogen) atoms. The molecular weight excluding hydrogens is 166 g/mol. The fourth-order valence-corrected chi connectivity index (χ4v) is 1.29. The van der Waals surface area contributed by atoms with Crippen LogP contribution in [0.3, 0.4) is 0 Å². The Hall–Kier alpha value is -1.03. The number of ether oxygens (including phenoxy) is 1. The minimum absolute atomic E-state index is 0.163. The van der Waals surface area contributed by atoms with E-state index in [1.165, 1.54) is 0 Å². The third-order valence-corrected chi connectivity index (χ3v) is 1.84. The van der Waals surface area contributed by atoms with Gasteiger partial charge in [0.25, 0.3) is 0 Å². The standard InChI is InChI=1S/C6H6ClN3O/c7-4-3-1-2-11-5(3)10-6(8)9-4/h1-2H2,(H2,8,9,10). The van der Waals surface area contributed by atoms with E-state index in [0.717, 1.165) is 12.0 Å². The lowest BCUT2D eigenvalue weighted by molar-refractivity contribution is 0.345. The van der Waals surface area contributed by atoms with Gasteiger partial charge in [0.1, 0.15) is 5.15 Å². The quantitative estimate of drug-likeness (QED) is 0.583. The van der Waals surface area contributed by atoms with E-state index in [4.69, 9.17) is 22.1 Å². The second kappa shape index (κ2) is 2.23. The van der Waals surface area contributed by atoms with Crippen molar-refractivity contribution in [3.05, 3.63) is 10.7 Å². The molecule has 0 fully saturated rings. The maximum absolute atomic E-state index is 5.76. The molecule has 0 amide bonds. The number of nitrogens with two attached hydrogens (primary N) is 1. The van der Waals surface area contributed by atoms with Gasteiger partial charge in [0.2, 0.25) is 11.8 Å². The Labute approximate surface area is 68.4 Å². The monoisotopic (exact) mass is 171 g/mol. The van der Waals surface area contributed by atoms with Crippen molar-refractivity contribution in [2.45, 2.75) is 6.42 Å². The van der Waals surface area contributed by atoms with E-state index in [1.807, 2.05) is 0 Å². The van der Waals surface area contributed by atoms with Gasteiger partial charge in [-0.1, -0.05) is 11.6 Å². The van der Waals surface area contributed by atoms with Crippen LogP contribution in [0.25, 0.3) is 0 Å². The molecule has 0 atom stereocenters. The van der Waals surface area contributed by atoms with Gasteiger partial charge in [-0.25, -0.2) is 4.98 Å². The Morgan fingerprint density at radius 1 is 1.45 bits per heavy atom. The van der Waals surface area contributed by atoms with E-state index in [0.29, 0.717) is 17.6 Å². The average Bonchev–Trinajstić information content (AvgIpc) is 2.34. The molecule has 0 bridgehead atoms. The highest BCUT2D eigenvalue weighted by Crippen LogP contribution is 2.28. The van der Waals surface area contributed by atoms with Crippen LogP contribution in [0, 0.1) is 0 Å². The van der Waals surface area contributed by atoms with E-state index in [1.54, 1.807) is 0 Å². The number of hydrogen-bond donors (Lipinski definition) is 1. The van der Waals surface area contributed by atoms with Crippen molar-refractivity contribution in [2.24, 2.45) is 0 Å². The van der Waals surface area contributed by atoms with Crippen molar-refractivity contribution in [3.63, 3.8) is 0 Å². The molecule has 2 N–H and O–H groups in total. The van der Waals surface area contributed by atoms with E-state index in [9.17, 15) is 0 Å². The fraction of sp³-hybridized carbons (Fsp3) is 0.333. The second-order valence-electron chi connectivity index (χ2n) is 2.25. The first-order valence-electron chi connectivity index (χ1n) is 3.22. The molecule has 2 heterocycles.